The molecule has 0 aromatic rings. The van der Waals surface area contributed by atoms with Crippen molar-refractivity contribution in [1.29, 1.82) is 0 Å². The molecular formula is C9H16O. The molecule has 0 aromatic carbocycles. The lowest BCUT2D eigenvalue weighted by Crippen LogP contribution is -1.94. The molecule has 10 heavy (non-hydrogen) atoms. The predicted molar refractivity (Wildman–Crippen MR) is 44.0 cm³/mol. The van der Waals surface area contributed by atoms with Crippen LogP contribution < -0.4 is 0 Å². The molecule has 0 aromatic heterocycles. The molecule has 1 heteroatoms. The quantitative estimate of drug-likeness (QED) is 0.536. The van der Waals surface area contributed by atoms with Crippen LogP contribution in [0.3, 0.4) is 0 Å². The van der Waals surface area contributed by atoms with Crippen molar-refractivity contribution >= 4 is 5.78 Å². The highest BCUT2D eigenvalue weighted by atomic mass is 16.1. The topological polar surface area (TPSA) is 17.1 Å². The monoisotopic (exact) mass is 140 g/mol. The van der Waals surface area contributed by atoms with Crippen LogP contribution in [0.5, 0.6) is 0 Å². The maximum absolute atomic E-state index is 10.9. The molecule has 0 unspecified atom stereocenters. The van der Waals surface area contributed by atoms with E-state index in [1.165, 1.54) is 0 Å². The summed E-state index contributed by atoms with van der Waals surface area (Å²) in [7, 11) is 0. The van der Waals surface area contributed by atoms with Gasteiger partial charge in [0.05, 0.1) is 0 Å². The molecule has 1 nitrogen and oxygen atoms in total. The highest BCUT2D eigenvalue weighted by Gasteiger charge is 1.96. The fraction of sp³-hybridized carbons (Fsp3) is 0.667. The molecule has 0 aliphatic heterocycles. The van der Waals surface area contributed by atoms with Crippen molar-refractivity contribution in [2.24, 2.45) is 0 Å². The van der Waals surface area contributed by atoms with Crippen LogP contribution in [-0.2, 0) is 4.79 Å². The molecule has 0 heterocycles. The maximum Gasteiger partial charge on any atom is 0.133 e. The Labute approximate surface area is 63.1 Å². The fourth-order valence-electron chi connectivity index (χ4n) is 0.815. The molecule has 0 radical (unpaired) electrons. The summed E-state index contributed by atoms with van der Waals surface area (Å²) in [6, 6.07) is 0. The lowest BCUT2D eigenvalue weighted by molar-refractivity contribution is -0.119. The Kier molecular flexibility index (Phi) is 6.14. The Morgan fingerprint density at radius 2 is 2.10 bits per heavy atom. The van der Waals surface area contributed by atoms with Gasteiger partial charge in [0, 0.05) is 12.8 Å². The molecule has 0 saturated heterocycles. The molecule has 0 amide bonds. The number of ketones is 1. The summed E-state index contributed by atoms with van der Waals surface area (Å²) in [6.45, 7) is 4.01. The number of Topliss-reactive ketones (excluding diaryl/α,β-unsaturated/α-hetero) is 1. The van der Waals surface area contributed by atoms with Crippen LogP contribution >= 0.6 is 0 Å². The molecule has 0 rings (SSSR count). The highest BCUT2D eigenvalue weighted by molar-refractivity contribution is 5.78. The summed E-state index contributed by atoms with van der Waals surface area (Å²) < 4.78 is 0. The Bertz CT molecular complexity index is 114. The number of hydrogen-bond acceptors (Lipinski definition) is 1. The van der Waals surface area contributed by atoms with Gasteiger partial charge >= 0.3 is 0 Å². The predicted octanol–water partition coefficient (Wildman–Crippen LogP) is 2.71. The van der Waals surface area contributed by atoms with Crippen LogP contribution in [0.1, 0.15) is 39.5 Å². The first-order valence-electron chi connectivity index (χ1n) is 3.94. The van der Waals surface area contributed by atoms with Gasteiger partial charge in [-0.3, -0.25) is 4.79 Å². The minimum Gasteiger partial charge on any atom is -0.300 e. The Balaban J connectivity index is 3.21. The second-order valence-corrected chi connectivity index (χ2v) is 2.40. The minimum absolute atomic E-state index is 0.389. The van der Waals surface area contributed by atoms with Gasteiger partial charge in [-0.2, -0.15) is 0 Å². The molecule has 0 fully saturated rings. The van der Waals surface area contributed by atoms with Crippen molar-refractivity contribution in [1.82, 2.24) is 0 Å². The Hall–Kier alpha value is -0.590. The van der Waals surface area contributed by atoms with Gasteiger partial charge in [-0.15, -0.1) is 0 Å². The van der Waals surface area contributed by atoms with E-state index < -0.39 is 0 Å². The lowest BCUT2D eigenvalue weighted by atomic mass is 10.1. The standard InChI is InChI=1S/C9H16O/c1-3-5-6-8-9(10)7-4-2/h3,5H,4,6-8H2,1-2H3. The van der Waals surface area contributed by atoms with Crippen molar-refractivity contribution in [3.63, 3.8) is 0 Å². The number of rotatable bonds is 5. The Morgan fingerprint density at radius 3 is 2.60 bits per heavy atom. The SMILES string of the molecule is CC=CCCC(=O)CCC. The van der Waals surface area contributed by atoms with Crippen LogP contribution in [0.4, 0.5) is 0 Å². The van der Waals surface area contributed by atoms with Gasteiger partial charge in [-0.1, -0.05) is 19.1 Å². The van der Waals surface area contributed by atoms with Crippen molar-refractivity contribution in [2.45, 2.75) is 39.5 Å². The largest absolute Gasteiger partial charge is 0.300 e. The van der Waals surface area contributed by atoms with Gasteiger partial charge in [0.1, 0.15) is 5.78 Å². The third kappa shape index (κ3) is 5.54. The van der Waals surface area contributed by atoms with Gasteiger partial charge in [0.15, 0.2) is 0 Å². The van der Waals surface area contributed by atoms with Crippen molar-refractivity contribution in [3.05, 3.63) is 12.2 Å². The lowest BCUT2D eigenvalue weighted by Gasteiger charge is -1.92. The van der Waals surface area contributed by atoms with E-state index in [2.05, 4.69) is 0 Å². The van der Waals surface area contributed by atoms with E-state index in [4.69, 9.17) is 0 Å². The number of carbonyl (C=O) groups is 1. The second-order valence-electron chi connectivity index (χ2n) is 2.40. The number of allylic oxidation sites excluding steroid dienone is 2. The highest BCUT2D eigenvalue weighted by Crippen LogP contribution is 1.98. The molecule has 0 bridgehead atoms. The third-order valence-corrected chi connectivity index (χ3v) is 1.35. The minimum atomic E-state index is 0.389. The van der Waals surface area contributed by atoms with Gasteiger partial charge in [-0.05, 0) is 19.8 Å². The van der Waals surface area contributed by atoms with Gasteiger partial charge < -0.3 is 0 Å². The summed E-state index contributed by atoms with van der Waals surface area (Å²) >= 11 is 0. The smallest absolute Gasteiger partial charge is 0.133 e. The molecule has 0 saturated carbocycles. The van der Waals surface area contributed by atoms with Gasteiger partial charge in [0.25, 0.3) is 0 Å². The second kappa shape index (κ2) is 6.53. The van der Waals surface area contributed by atoms with Crippen LogP contribution in [-0.4, -0.2) is 5.78 Å². The van der Waals surface area contributed by atoms with E-state index in [1.54, 1.807) is 0 Å². The first-order chi connectivity index (χ1) is 4.81. The van der Waals surface area contributed by atoms with Crippen molar-refractivity contribution in [2.75, 3.05) is 0 Å². The molecule has 0 spiro atoms. The van der Waals surface area contributed by atoms with Gasteiger partial charge in [0.2, 0.25) is 0 Å². The summed E-state index contributed by atoms with van der Waals surface area (Å²) in [5.74, 6) is 0.389. The van der Waals surface area contributed by atoms with E-state index in [9.17, 15) is 4.79 Å². The summed E-state index contributed by atoms with van der Waals surface area (Å²) in [4.78, 5) is 10.9. The molecular weight excluding hydrogens is 124 g/mol. The molecule has 0 aliphatic rings. The maximum atomic E-state index is 10.9. The summed E-state index contributed by atoms with van der Waals surface area (Å²) in [6.07, 6.45) is 7.38. The Morgan fingerprint density at radius 1 is 1.40 bits per heavy atom. The first-order valence-corrected chi connectivity index (χ1v) is 3.94. The zero-order valence-corrected chi connectivity index (χ0v) is 6.89. The number of hydrogen-bond donors (Lipinski definition) is 0. The molecule has 58 valence electrons. The van der Waals surface area contributed by atoms with Crippen LogP contribution in [0, 0.1) is 0 Å². The van der Waals surface area contributed by atoms with E-state index >= 15 is 0 Å². The third-order valence-electron chi connectivity index (χ3n) is 1.35. The number of carbonyl (C=O) groups excluding carboxylic acids is 1. The van der Waals surface area contributed by atoms with Crippen molar-refractivity contribution < 1.29 is 4.79 Å². The molecule has 0 aliphatic carbocycles. The summed E-state index contributed by atoms with van der Waals surface area (Å²) in [5, 5.41) is 0. The van der Waals surface area contributed by atoms with E-state index in [0.717, 1.165) is 25.7 Å². The van der Waals surface area contributed by atoms with Crippen LogP contribution in [0.25, 0.3) is 0 Å². The average molecular weight is 140 g/mol. The van der Waals surface area contributed by atoms with Crippen LogP contribution in [0.2, 0.25) is 0 Å². The zero-order valence-electron chi connectivity index (χ0n) is 6.89. The van der Waals surface area contributed by atoms with E-state index in [0.29, 0.717) is 5.78 Å². The molecule has 0 N–H and O–H groups in total. The van der Waals surface area contributed by atoms with E-state index in [-0.39, 0.29) is 0 Å². The van der Waals surface area contributed by atoms with Gasteiger partial charge in [-0.25, -0.2) is 0 Å². The summed E-state index contributed by atoms with van der Waals surface area (Å²) in [5.41, 5.74) is 0. The average Bonchev–Trinajstić information content (AvgIpc) is 1.89. The molecule has 0 atom stereocenters. The van der Waals surface area contributed by atoms with Crippen molar-refractivity contribution in [3.8, 4) is 0 Å². The van der Waals surface area contributed by atoms with Crippen LogP contribution in [0.15, 0.2) is 12.2 Å². The fourth-order valence-corrected chi connectivity index (χ4v) is 0.815. The van der Waals surface area contributed by atoms with E-state index in [1.807, 2.05) is 26.0 Å². The normalized spacial score (nSPS) is 10.6. The first kappa shape index (κ1) is 9.41. The zero-order chi connectivity index (χ0) is 7.82.